The molecule has 0 aliphatic carbocycles. The van der Waals surface area contributed by atoms with Gasteiger partial charge in [-0.15, -0.1) is 0 Å². The highest BCUT2D eigenvalue weighted by Crippen LogP contribution is 2.34. The van der Waals surface area contributed by atoms with Crippen molar-refractivity contribution in [2.45, 2.75) is 38.8 Å². The number of carbonyl (C=O) groups excluding carboxylic acids is 1. The fourth-order valence-electron chi connectivity index (χ4n) is 3.25. The van der Waals surface area contributed by atoms with E-state index in [-0.39, 0.29) is 17.2 Å². The van der Waals surface area contributed by atoms with Crippen molar-refractivity contribution >= 4 is 45.0 Å². The second-order valence-electron chi connectivity index (χ2n) is 7.81. The van der Waals surface area contributed by atoms with Crippen LogP contribution in [0.5, 0.6) is 0 Å². The fraction of sp³-hybridized carbons (Fsp3) is 0.381. The number of carbonyl (C=O) groups is 1. The molecule has 2 aromatic carbocycles. The van der Waals surface area contributed by atoms with Crippen molar-refractivity contribution in [2.24, 2.45) is 0 Å². The lowest BCUT2D eigenvalue weighted by Gasteiger charge is -2.32. The quantitative estimate of drug-likeness (QED) is 0.522. The molecule has 1 saturated heterocycles. The second-order valence-corrected chi connectivity index (χ2v) is 9.14. The molecule has 1 aliphatic heterocycles. The number of benzene rings is 2. The first kappa shape index (κ1) is 20.9. The fourth-order valence-corrected chi connectivity index (χ4v) is 3.69. The summed E-state index contributed by atoms with van der Waals surface area (Å²) in [6.07, 6.45) is 0.451. The van der Waals surface area contributed by atoms with Crippen LogP contribution in [0.2, 0.25) is 5.02 Å². The summed E-state index contributed by atoms with van der Waals surface area (Å²) in [5.41, 5.74) is 1.19. The van der Waals surface area contributed by atoms with E-state index in [1.165, 1.54) is 6.07 Å². The Bertz CT molecular complexity index is 854. The third kappa shape index (κ3) is 4.97. The van der Waals surface area contributed by atoms with Gasteiger partial charge in [0.05, 0.1) is 11.1 Å². The summed E-state index contributed by atoms with van der Waals surface area (Å²) in [6.45, 7) is 6.68. The molecular weight excluding hydrogens is 447 g/mol. The Kier molecular flexibility index (Phi) is 6.20. The zero-order valence-corrected chi connectivity index (χ0v) is 18.4. The van der Waals surface area contributed by atoms with Crippen molar-refractivity contribution in [2.75, 3.05) is 18.0 Å². The zero-order chi connectivity index (χ0) is 20.5. The summed E-state index contributed by atoms with van der Waals surface area (Å²) in [5.74, 6) is -0.456. The molecule has 3 rings (SSSR count). The first-order valence-corrected chi connectivity index (χ1v) is 10.3. The normalized spacial score (nSPS) is 16.9. The second kappa shape index (κ2) is 8.29. The molecule has 0 saturated carbocycles. The van der Waals surface area contributed by atoms with Crippen LogP contribution in [0.1, 0.15) is 27.2 Å². The molecule has 0 bridgehead atoms. The van der Waals surface area contributed by atoms with E-state index in [0.717, 1.165) is 22.3 Å². The molecule has 1 amide bonds. The third-order valence-corrected chi connectivity index (χ3v) is 5.28. The van der Waals surface area contributed by atoms with Crippen LogP contribution in [0, 0.1) is 5.82 Å². The number of amides is 1. The molecule has 0 unspecified atom stereocenters. The number of rotatable bonds is 3. The lowest BCUT2D eigenvalue weighted by molar-refractivity contribution is 0.0293. The largest absolute Gasteiger partial charge is 0.444 e. The van der Waals surface area contributed by atoms with Crippen molar-refractivity contribution in [3.05, 3.63) is 57.8 Å². The number of hydrogen-bond donors (Lipinski definition) is 0. The standard InChI is InChI=1S/C21H23BrClFN2O2/c1-21(2,3)28-20(27)25-11-10-17(13-25)26(15-6-4-14(22)5-7-15)16-8-9-19(24)18(23)12-16/h4-9,12,17H,10-11,13H2,1-3H3/t17-/m0/s1. The average molecular weight is 470 g/mol. The molecule has 0 radical (unpaired) electrons. The van der Waals surface area contributed by atoms with E-state index >= 15 is 0 Å². The van der Waals surface area contributed by atoms with Crippen LogP contribution in [0.25, 0.3) is 0 Å². The first-order chi connectivity index (χ1) is 13.1. The summed E-state index contributed by atoms with van der Waals surface area (Å²) < 4.78 is 20.2. The average Bonchev–Trinajstić information content (AvgIpc) is 3.08. The minimum absolute atomic E-state index is 0.0234. The minimum Gasteiger partial charge on any atom is -0.444 e. The minimum atomic E-state index is -0.537. The number of likely N-dealkylation sites (tertiary alicyclic amines) is 1. The Morgan fingerprint density at radius 3 is 2.46 bits per heavy atom. The topological polar surface area (TPSA) is 32.8 Å². The third-order valence-electron chi connectivity index (χ3n) is 4.47. The Hall–Kier alpha value is -1.79. The van der Waals surface area contributed by atoms with Gasteiger partial charge >= 0.3 is 6.09 Å². The highest BCUT2D eigenvalue weighted by atomic mass is 79.9. The van der Waals surface area contributed by atoms with E-state index in [9.17, 15) is 9.18 Å². The van der Waals surface area contributed by atoms with Gasteiger partial charge in [-0.1, -0.05) is 27.5 Å². The number of anilines is 2. The van der Waals surface area contributed by atoms with Crippen molar-refractivity contribution in [1.82, 2.24) is 4.90 Å². The lowest BCUT2D eigenvalue weighted by atomic mass is 10.1. The Balaban J connectivity index is 1.88. The van der Waals surface area contributed by atoms with Gasteiger partial charge in [0.15, 0.2) is 0 Å². The lowest BCUT2D eigenvalue weighted by Crippen LogP contribution is -2.39. The summed E-state index contributed by atoms with van der Waals surface area (Å²) in [5, 5.41) is 0.0709. The van der Waals surface area contributed by atoms with Gasteiger partial charge in [0.1, 0.15) is 11.4 Å². The molecule has 1 aliphatic rings. The van der Waals surface area contributed by atoms with E-state index in [0.29, 0.717) is 13.1 Å². The number of halogens is 3. The Morgan fingerprint density at radius 2 is 1.86 bits per heavy atom. The molecule has 7 heteroatoms. The first-order valence-electron chi connectivity index (χ1n) is 9.12. The van der Waals surface area contributed by atoms with Gasteiger partial charge in [-0.25, -0.2) is 9.18 Å². The molecule has 2 aromatic rings. The summed E-state index contributed by atoms with van der Waals surface area (Å²) in [6, 6.07) is 12.6. The molecule has 0 spiro atoms. The van der Waals surface area contributed by atoms with E-state index in [2.05, 4.69) is 20.8 Å². The molecule has 1 fully saturated rings. The summed E-state index contributed by atoms with van der Waals surface area (Å²) >= 11 is 9.49. The maximum absolute atomic E-state index is 13.7. The van der Waals surface area contributed by atoms with Crippen LogP contribution in [0.15, 0.2) is 46.9 Å². The van der Waals surface area contributed by atoms with Gasteiger partial charge in [-0.2, -0.15) is 0 Å². The van der Waals surface area contributed by atoms with Crippen LogP contribution >= 0.6 is 27.5 Å². The molecule has 1 heterocycles. The number of hydrogen-bond acceptors (Lipinski definition) is 3. The molecule has 0 N–H and O–H groups in total. The van der Waals surface area contributed by atoms with Gasteiger partial charge < -0.3 is 14.5 Å². The van der Waals surface area contributed by atoms with Crippen molar-refractivity contribution < 1.29 is 13.9 Å². The van der Waals surface area contributed by atoms with Crippen LogP contribution in [0.3, 0.4) is 0 Å². The van der Waals surface area contributed by atoms with Crippen LogP contribution in [-0.4, -0.2) is 35.7 Å². The predicted octanol–water partition coefficient (Wildman–Crippen LogP) is 6.39. The SMILES string of the molecule is CC(C)(C)OC(=O)N1CC[C@H](N(c2ccc(Br)cc2)c2ccc(F)c(Cl)c2)C1. The van der Waals surface area contributed by atoms with Crippen LogP contribution in [0.4, 0.5) is 20.6 Å². The van der Waals surface area contributed by atoms with E-state index < -0.39 is 11.4 Å². The zero-order valence-electron chi connectivity index (χ0n) is 16.1. The molecule has 0 aromatic heterocycles. The van der Waals surface area contributed by atoms with E-state index in [1.54, 1.807) is 17.0 Å². The van der Waals surface area contributed by atoms with Gasteiger partial charge in [0.2, 0.25) is 0 Å². The van der Waals surface area contributed by atoms with Gasteiger partial charge in [0, 0.05) is 28.9 Å². The molecule has 150 valence electrons. The predicted molar refractivity (Wildman–Crippen MR) is 114 cm³/mol. The van der Waals surface area contributed by atoms with E-state index in [4.69, 9.17) is 16.3 Å². The molecule has 28 heavy (non-hydrogen) atoms. The summed E-state index contributed by atoms with van der Waals surface area (Å²) in [7, 11) is 0. The van der Waals surface area contributed by atoms with Crippen molar-refractivity contribution in [3.8, 4) is 0 Å². The van der Waals surface area contributed by atoms with Crippen LogP contribution < -0.4 is 4.90 Å². The Labute approximate surface area is 178 Å². The Morgan fingerprint density at radius 1 is 1.21 bits per heavy atom. The maximum Gasteiger partial charge on any atom is 0.410 e. The highest BCUT2D eigenvalue weighted by Gasteiger charge is 2.34. The van der Waals surface area contributed by atoms with Crippen LogP contribution in [-0.2, 0) is 4.74 Å². The smallest absolute Gasteiger partial charge is 0.410 e. The van der Waals surface area contributed by atoms with Crippen molar-refractivity contribution in [1.29, 1.82) is 0 Å². The number of nitrogens with zero attached hydrogens (tertiary/aromatic N) is 2. The van der Waals surface area contributed by atoms with Gasteiger partial charge in [-0.05, 0) is 69.7 Å². The van der Waals surface area contributed by atoms with Crippen molar-refractivity contribution in [3.63, 3.8) is 0 Å². The molecular formula is C21H23BrClFN2O2. The van der Waals surface area contributed by atoms with Gasteiger partial charge in [-0.3, -0.25) is 0 Å². The highest BCUT2D eigenvalue weighted by molar-refractivity contribution is 9.10. The maximum atomic E-state index is 13.7. The molecule has 1 atom stereocenters. The number of ether oxygens (including phenoxy) is 1. The van der Waals surface area contributed by atoms with E-state index in [1.807, 2.05) is 45.0 Å². The molecule has 4 nitrogen and oxygen atoms in total. The summed E-state index contributed by atoms with van der Waals surface area (Å²) in [4.78, 5) is 16.3. The monoisotopic (exact) mass is 468 g/mol. The van der Waals surface area contributed by atoms with Gasteiger partial charge in [0.25, 0.3) is 0 Å².